The number of esters is 1. The van der Waals surface area contributed by atoms with Crippen LogP contribution in [0.25, 0.3) is 0 Å². The van der Waals surface area contributed by atoms with Crippen molar-refractivity contribution in [2.45, 2.75) is 39.5 Å². The van der Waals surface area contributed by atoms with Gasteiger partial charge in [-0.2, -0.15) is 0 Å². The molecule has 2 heterocycles. The fourth-order valence-corrected chi connectivity index (χ4v) is 5.37. The maximum absolute atomic E-state index is 13.0. The average molecular weight is 461 g/mol. The Labute approximate surface area is 198 Å². The first kappa shape index (κ1) is 22.3. The van der Waals surface area contributed by atoms with Gasteiger partial charge in [0.1, 0.15) is 5.75 Å². The number of rotatable bonds is 4. The molecule has 0 bridgehead atoms. The first-order chi connectivity index (χ1) is 16.3. The van der Waals surface area contributed by atoms with Crippen LogP contribution in [-0.4, -0.2) is 30.2 Å². The molecule has 0 aromatic heterocycles. The molecule has 7 heteroatoms. The predicted molar refractivity (Wildman–Crippen MR) is 126 cm³/mol. The minimum absolute atomic E-state index is 0.0804. The second-order valence-corrected chi connectivity index (χ2v) is 9.80. The van der Waals surface area contributed by atoms with Crippen LogP contribution in [-0.2, 0) is 19.2 Å². The summed E-state index contributed by atoms with van der Waals surface area (Å²) in [6.07, 6.45) is 2.49. The molecule has 2 saturated heterocycles. The van der Waals surface area contributed by atoms with Gasteiger partial charge in [-0.15, -0.1) is 0 Å². The molecule has 0 spiro atoms. The van der Waals surface area contributed by atoms with Crippen LogP contribution in [0.2, 0.25) is 0 Å². The summed E-state index contributed by atoms with van der Waals surface area (Å²) >= 11 is 0. The highest BCUT2D eigenvalue weighted by Crippen LogP contribution is 2.42. The second kappa shape index (κ2) is 8.70. The molecule has 1 saturated carbocycles. The molecular formula is C27H28N2O5. The van der Waals surface area contributed by atoms with E-state index in [1.54, 1.807) is 29.2 Å². The maximum Gasteiger partial charge on any atom is 0.316 e. The van der Waals surface area contributed by atoms with Gasteiger partial charge in [-0.3, -0.25) is 19.2 Å². The minimum atomic E-state index is -0.586. The Hall–Kier alpha value is -3.48. The van der Waals surface area contributed by atoms with Crippen molar-refractivity contribution in [3.63, 3.8) is 0 Å². The van der Waals surface area contributed by atoms with Crippen LogP contribution < -0.4 is 14.5 Å². The van der Waals surface area contributed by atoms with E-state index in [0.717, 1.165) is 30.5 Å². The quantitative estimate of drug-likeness (QED) is 0.393. The largest absolute Gasteiger partial charge is 0.426 e. The Morgan fingerprint density at radius 2 is 1.68 bits per heavy atom. The number of anilines is 2. The summed E-state index contributed by atoms with van der Waals surface area (Å²) in [5.74, 6) is -1.37. The molecule has 2 aromatic carbocycles. The van der Waals surface area contributed by atoms with Gasteiger partial charge in [-0.25, -0.2) is 4.90 Å². The number of carbonyl (C=O) groups is 4. The number of benzene rings is 2. The van der Waals surface area contributed by atoms with Crippen LogP contribution in [0.3, 0.4) is 0 Å². The zero-order chi connectivity index (χ0) is 24.0. The van der Waals surface area contributed by atoms with E-state index >= 15 is 0 Å². The van der Waals surface area contributed by atoms with E-state index in [-0.39, 0.29) is 48.3 Å². The number of fused-ring (bicyclic) bond motifs is 1. The molecule has 4 atom stereocenters. The Balaban J connectivity index is 1.28. The highest BCUT2D eigenvalue weighted by atomic mass is 16.5. The topological polar surface area (TPSA) is 84.0 Å². The van der Waals surface area contributed by atoms with Gasteiger partial charge in [0.15, 0.2) is 0 Å². The molecule has 3 amide bonds. The van der Waals surface area contributed by atoms with Crippen LogP contribution in [0.4, 0.5) is 11.4 Å². The van der Waals surface area contributed by atoms with Crippen LogP contribution in [0.1, 0.15) is 38.2 Å². The van der Waals surface area contributed by atoms with Crippen molar-refractivity contribution in [2.24, 2.45) is 23.7 Å². The molecule has 1 aliphatic carbocycles. The third kappa shape index (κ3) is 4.00. The highest BCUT2D eigenvalue weighted by Gasteiger charge is 2.50. The lowest BCUT2D eigenvalue weighted by Crippen LogP contribution is -2.31. The zero-order valence-corrected chi connectivity index (χ0v) is 19.4. The third-order valence-corrected chi connectivity index (χ3v) is 7.29. The molecule has 34 heavy (non-hydrogen) atoms. The average Bonchev–Trinajstić information content (AvgIpc) is 3.32. The van der Waals surface area contributed by atoms with Crippen molar-refractivity contribution < 1.29 is 23.9 Å². The predicted octanol–water partition coefficient (Wildman–Crippen LogP) is 3.88. The van der Waals surface area contributed by atoms with Gasteiger partial charge in [0, 0.05) is 24.7 Å². The third-order valence-electron chi connectivity index (χ3n) is 7.29. The first-order valence-electron chi connectivity index (χ1n) is 11.9. The standard InChI is InChI=1S/C27H28N2O5/c1-16-6-9-19(10-7-16)28-15-18(13-24(28)30)27(33)34-21-5-3-4-20(14-21)29-25(31)22-11-8-17(2)12-23(22)26(29)32/h3-7,9-10,14,17-18,22-23H,8,11-13,15H2,1-2H3/t17-,18-,22+,23+/m1/s1. The minimum Gasteiger partial charge on any atom is -0.426 e. The van der Waals surface area contributed by atoms with Crippen molar-refractivity contribution >= 4 is 35.1 Å². The van der Waals surface area contributed by atoms with Gasteiger partial charge in [0.2, 0.25) is 17.7 Å². The lowest BCUT2D eigenvalue weighted by atomic mass is 9.76. The fourth-order valence-electron chi connectivity index (χ4n) is 5.37. The van der Waals surface area contributed by atoms with Crippen molar-refractivity contribution in [2.75, 3.05) is 16.3 Å². The molecule has 3 aliphatic rings. The van der Waals surface area contributed by atoms with Crippen molar-refractivity contribution in [1.29, 1.82) is 0 Å². The van der Waals surface area contributed by atoms with E-state index in [9.17, 15) is 19.2 Å². The molecule has 0 radical (unpaired) electrons. The second-order valence-electron chi connectivity index (χ2n) is 9.80. The van der Waals surface area contributed by atoms with E-state index in [0.29, 0.717) is 11.6 Å². The Kier molecular flexibility index (Phi) is 5.71. The number of ether oxygens (including phenoxy) is 1. The van der Waals surface area contributed by atoms with Crippen molar-refractivity contribution in [3.8, 4) is 5.75 Å². The van der Waals surface area contributed by atoms with Crippen LogP contribution in [0.5, 0.6) is 5.75 Å². The van der Waals surface area contributed by atoms with E-state index in [2.05, 4.69) is 6.92 Å². The van der Waals surface area contributed by atoms with Crippen LogP contribution >= 0.6 is 0 Å². The molecule has 0 unspecified atom stereocenters. The fraction of sp³-hybridized carbons (Fsp3) is 0.407. The molecule has 2 aromatic rings. The summed E-state index contributed by atoms with van der Waals surface area (Å²) in [5.41, 5.74) is 2.27. The van der Waals surface area contributed by atoms with E-state index in [1.807, 2.05) is 31.2 Å². The van der Waals surface area contributed by atoms with Crippen molar-refractivity contribution in [3.05, 3.63) is 54.1 Å². The first-order valence-corrected chi connectivity index (χ1v) is 11.9. The SMILES string of the molecule is Cc1ccc(N2C[C@H](C(=O)Oc3cccc(N4C(=O)[C@H]5CC[C@@H](C)C[C@@H]5C4=O)c3)CC2=O)cc1. The molecule has 2 aliphatic heterocycles. The molecule has 0 N–H and O–H groups in total. The summed E-state index contributed by atoms with van der Waals surface area (Å²) in [5, 5.41) is 0. The van der Waals surface area contributed by atoms with E-state index < -0.39 is 11.9 Å². The molecule has 176 valence electrons. The molecule has 7 nitrogen and oxygen atoms in total. The van der Waals surface area contributed by atoms with Crippen LogP contribution in [0, 0.1) is 30.6 Å². The summed E-state index contributed by atoms with van der Waals surface area (Å²) in [4.78, 5) is 54.2. The Bertz CT molecular complexity index is 1160. The van der Waals surface area contributed by atoms with Crippen molar-refractivity contribution in [1.82, 2.24) is 0 Å². The van der Waals surface area contributed by atoms with Gasteiger partial charge >= 0.3 is 5.97 Å². The van der Waals surface area contributed by atoms with Gasteiger partial charge in [-0.1, -0.05) is 30.7 Å². The Morgan fingerprint density at radius 3 is 2.44 bits per heavy atom. The van der Waals surface area contributed by atoms with E-state index in [4.69, 9.17) is 4.74 Å². The summed E-state index contributed by atoms with van der Waals surface area (Å²) < 4.78 is 5.59. The zero-order valence-electron chi connectivity index (χ0n) is 19.4. The highest BCUT2D eigenvalue weighted by molar-refractivity contribution is 6.22. The number of nitrogens with zero attached hydrogens (tertiary/aromatic N) is 2. The van der Waals surface area contributed by atoms with Gasteiger partial charge in [-0.05, 0) is 56.4 Å². The Morgan fingerprint density at radius 1 is 0.941 bits per heavy atom. The lowest BCUT2D eigenvalue weighted by Gasteiger charge is -2.25. The van der Waals surface area contributed by atoms with Gasteiger partial charge in [0.05, 0.1) is 23.4 Å². The number of imide groups is 1. The number of hydrogen-bond acceptors (Lipinski definition) is 5. The molecule has 3 fully saturated rings. The maximum atomic E-state index is 13.0. The monoisotopic (exact) mass is 460 g/mol. The smallest absolute Gasteiger partial charge is 0.316 e. The molecular weight excluding hydrogens is 432 g/mol. The van der Waals surface area contributed by atoms with Gasteiger partial charge in [0.25, 0.3) is 0 Å². The van der Waals surface area contributed by atoms with Crippen LogP contribution in [0.15, 0.2) is 48.5 Å². The number of hydrogen-bond donors (Lipinski definition) is 0. The molecule has 5 rings (SSSR count). The summed E-state index contributed by atoms with van der Waals surface area (Å²) in [6.45, 7) is 4.34. The lowest BCUT2D eigenvalue weighted by molar-refractivity contribution is -0.139. The summed E-state index contributed by atoms with van der Waals surface area (Å²) in [6, 6.07) is 14.1. The number of amides is 3. The summed E-state index contributed by atoms with van der Waals surface area (Å²) in [7, 11) is 0. The normalized spacial score (nSPS) is 26.7. The van der Waals surface area contributed by atoms with E-state index in [1.165, 1.54) is 4.90 Å². The number of carbonyl (C=O) groups excluding carboxylic acids is 4. The van der Waals surface area contributed by atoms with Gasteiger partial charge < -0.3 is 9.64 Å². The number of aryl methyl sites for hydroxylation is 1.